The molecule has 5 rings (SSSR count). The zero-order valence-electron chi connectivity index (χ0n) is 20.2. The molecule has 0 amide bonds. The third kappa shape index (κ3) is 4.40. The van der Waals surface area contributed by atoms with Gasteiger partial charge in [0.1, 0.15) is 6.04 Å². The standard InChI is InChI=1S/C27H32N6O/c1-18-8-7-14-32(17-18)25(23-16-22-12-11-19(2)20(3)24(22)28-27(23)34)26-29-30-31-33(26)15-13-21-9-5-4-6-10-21/h4-6,9-12,16,18,25H,7-8,13-15,17H2,1-3H3,(H,28,34)/t18-,25+/m0/s1. The van der Waals surface area contributed by atoms with E-state index in [0.29, 0.717) is 18.0 Å². The Bertz CT molecular complexity index is 1340. The van der Waals surface area contributed by atoms with Crippen molar-refractivity contribution in [3.05, 3.63) is 87.0 Å². The van der Waals surface area contributed by atoms with Gasteiger partial charge in [0, 0.05) is 18.7 Å². The normalized spacial score (nSPS) is 17.8. The van der Waals surface area contributed by atoms with Gasteiger partial charge in [0.25, 0.3) is 5.56 Å². The minimum atomic E-state index is -0.289. The maximum Gasteiger partial charge on any atom is 0.253 e. The van der Waals surface area contributed by atoms with Crippen molar-refractivity contribution in [1.82, 2.24) is 30.1 Å². The molecule has 0 saturated carbocycles. The summed E-state index contributed by atoms with van der Waals surface area (Å²) in [4.78, 5) is 19.1. The third-order valence-electron chi connectivity index (χ3n) is 7.19. The van der Waals surface area contributed by atoms with Crippen LogP contribution < -0.4 is 5.56 Å². The Hall–Kier alpha value is -3.32. The van der Waals surface area contributed by atoms with Gasteiger partial charge in [-0.2, -0.15) is 0 Å². The van der Waals surface area contributed by atoms with Crippen LogP contribution in [-0.2, 0) is 13.0 Å². The highest BCUT2D eigenvalue weighted by Crippen LogP contribution is 2.31. The molecule has 0 unspecified atom stereocenters. The second kappa shape index (κ2) is 9.50. The van der Waals surface area contributed by atoms with Crippen LogP contribution in [0.5, 0.6) is 0 Å². The zero-order valence-corrected chi connectivity index (χ0v) is 20.2. The first-order chi connectivity index (χ1) is 16.5. The maximum absolute atomic E-state index is 13.5. The lowest BCUT2D eigenvalue weighted by atomic mass is 9.95. The number of aromatic amines is 1. The number of nitrogens with zero attached hydrogens (tertiary/aromatic N) is 5. The first-order valence-corrected chi connectivity index (χ1v) is 12.2. The molecule has 7 nitrogen and oxygen atoms in total. The highest BCUT2D eigenvalue weighted by atomic mass is 16.1. The van der Waals surface area contributed by atoms with E-state index in [1.807, 2.05) is 28.9 Å². The lowest BCUT2D eigenvalue weighted by Crippen LogP contribution is -2.41. The van der Waals surface area contributed by atoms with Gasteiger partial charge in [0.15, 0.2) is 5.82 Å². The van der Waals surface area contributed by atoms with Gasteiger partial charge in [-0.05, 0) is 84.1 Å². The highest BCUT2D eigenvalue weighted by molar-refractivity contribution is 5.83. The fourth-order valence-corrected chi connectivity index (χ4v) is 5.15. The van der Waals surface area contributed by atoms with Crippen LogP contribution in [0.4, 0.5) is 0 Å². The highest BCUT2D eigenvalue weighted by Gasteiger charge is 2.32. The molecule has 1 aliphatic rings. The van der Waals surface area contributed by atoms with Gasteiger partial charge in [-0.25, -0.2) is 4.68 Å². The predicted octanol–water partition coefficient (Wildman–Crippen LogP) is 4.20. The van der Waals surface area contributed by atoms with E-state index < -0.39 is 0 Å². The molecule has 3 heterocycles. The number of tetrazole rings is 1. The molecule has 1 aliphatic heterocycles. The van der Waals surface area contributed by atoms with E-state index in [1.165, 1.54) is 17.5 Å². The first-order valence-electron chi connectivity index (χ1n) is 12.2. The summed E-state index contributed by atoms with van der Waals surface area (Å²) in [6, 6.07) is 16.3. The van der Waals surface area contributed by atoms with Crippen molar-refractivity contribution >= 4 is 10.9 Å². The average molecular weight is 457 g/mol. The first kappa shape index (κ1) is 22.5. The Morgan fingerprint density at radius 1 is 1.15 bits per heavy atom. The lowest BCUT2D eigenvalue weighted by molar-refractivity contribution is 0.141. The molecular weight excluding hydrogens is 424 g/mol. The summed E-state index contributed by atoms with van der Waals surface area (Å²) in [5.41, 5.74) is 5.06. The van der Waals surface area contributed by atoms with Crippen LogP contribution in [0.2, 0.25) is 0 Å². The van der Waals surface area contributed by atoms with Gasteiger partial charge < -0.3 is 4.98 Å². The summed E-state index contributed by atoms with van der Waals surface area (Å²) < 4.78 is 1.88. The molecule has 0 aliphatic carbocycles. The fraction of sp³-hybridized carbons (Fsp3) is 0.407. The van der Waals surface area contributed by atoms with Crippen molar-refractivity contribution in [2.24, 2.45) is 5.92 Å². The van der Waals surface area contributed by atoms with Crippen LogP contribution in [0.3, 0.4) is 0 Å². The molecule has 4 aromatic rings. The number of pyridine rings is 1. The minimum Gasteiger partial charge on any atom is -0.321 e. The van der Waals surface area contributed by atoms with Crippen LogP contribution in [0.15, 0.2) is 53.3 Å². The predicted molar refractivity (Wildman–Crippen MR) is 134 cm³/mol. The van der Waals surface area contributed by atoms with Gasteiger partial charge in [-0.15, -0.1) is 5.10 Å². The van der Waals surface area contributed by atoms with Crippen molar-refractivity contribution in [3.8, 4) is 0 Å². The largest absolute Gasteiger partial charge is 0.321 e. The van der Waals surface area contributed by atoms with Crippen molar-refractivity contribution in [3.63, 3.8) is 0 Å². The second-order valence-electron chi connectivity index (χ2n) is 9.67. The van der Waals surface area contributed by atoms with E-state index in [1.54, 1.807) is 0 Å². The van der Waals surface area contributed by atoms with E-state index in [2.05, 4.69) is 70.4 Å². The molecule has 1 saturated heterocycles. The summed E-state index contributed by atoms with van der Waals surface area (Å²) in [7, 11) is 0. The van der Waals surface area contributed by atoms with E-state index in [0.717, 1.165) is 48.2 Å². The Kier molecular flexibility index (Phi) is 6.28. The summed E-state index contributed by atoms with van der Waals surface area (Å²) in [5.74, 6) is 1.30. The van der Waals surface area contributed by atoms with Crippen LogP contribution in [0, 0.1) is 19.8 Å². The topological polar surface area (TPSA) is 79.7 Å². The van der Waals surface area contributed by atoms with Gasteiger partial charge in [0.05, 0.1) is 5.52 Å². The molecule has 2 aromatic heterocycles. The monoisotopic (exact) mass is 456 g/mol. The summed E-state index contributed by atoms with van der Waals surface area (Å²) in [6.45, 7) is 8.90. The van der Waals surface area contributed by atoms with Crippen LogP contribution in [0.1, 0.15) is 53.9 Å². The van der Waals surface area contributed by atoms with E-state index >= 15 is 0 Å². The van der Waals surface area contributed by atoms with Crippen molar-refractivity contribution in [2.45, 2.75) is 52.6 Å². The molecule has 0 radical (unpaired) electrons. The molecule has 7 heteroatoms. The third-order valence-corrected chi connectivity index (χ3v) is 7.19. The zero-order chi connectivity index (χ0) is 23.7. The Balaban J connectivity index is 1.58. The number of hydrogen-bond donors (Lipinski definition) is 1. The number of fused-ring (bicyclic) bond motifs is 1. The summed E-state index contributed by atoms with van der Waals surface area (Å²) in [6.07, 6.45) is 3.14. The minimum absolute atomic E-state index is 0.0676. The number of aryl methyl sites for hydroxylation is 4. The molecule has 1 fully saturated rings. The molecule has 0 bridgehead atoms. The average Bonchev–Trinajstić information content (AvgIpc) is 3.30. The number of hydrogen-bond acceptors (Lipinski definition) is 5. The number of nitrogens with one attached hydrogen (secondary N) is 1. The lowest BCUT2D eigenvalue weighted by Gasteiger charge is -2.36. The van der Waals surface area contributed by atoms with Crippen LogP contribution in [-0.4, -0.2) is 43.2 Å². The van der Waals surface area contributed by atoms with Gasteiger partial charge in [-0.1, -0.05) is 49.4 Å². The molecule has 2 aromatic carbocycles. The number of benzene rings is 2. The van der Waals surface area contributed by atoms with Crippen LogP contribution in [0.25, 0.3) is 10.9 Å². The number of likely N-dealkylation sites (tertiary alicyclic amines) is 1. The Labute approximate surface area is 199 Å². The van der Waals surface area contributed by atoms with Gasteiger partial charge in [-0.3, -0.25) is 9.69 Å². The number of rotatable bonds is 6. The maximum atomic E-state index is 13.5. The van der Waals surface area contributed by atoms with Crippen molar-refractivity contribution in [2.75, 3.05) is 13.1 Å². The Morgan fingerprint density at radius 2 is 1.97 bits per heavy atom. The SMILES string of the molecule is Cc1ccc2cc([C@H](c3nnnn3CCc3ccccc3)N3CCC[C@H](C)C3)c(=O)[nH]c2c1C. The van der Waals surface area contributed by atoms with E-state index in [9.17, 15) is 4.79 Å². The smallest absolute Gasteiger partial charge is 0.253 e. The number of aromatic nitrogens is 5. The molecule has 0 spiro atoms. The quantitative estimate of drug-likeness (QED) is 0.470. The Morgan fingerprint density at radius 3 is 2.76 bits per heavy atom. The summed E-state index contributed by atoms with van der Waals surface area (Å²) in [5, 5.41) is 13.9. The molecule has 2 atom stereocenters. The van der Waals surface area contributed by atoms with Crippen molar-refractivity contribution in [1.29, 1.82) is 0 Å². The number of H-pyrrole nitrogens is 1. The van der Waals surface area contributed by atoms with Gasteiger partial charge in [0.2, 0.25) is 0 Å². The molecule has 1 N–H and O–H groups in total. The van der Waals surface area contributed by atoms with Gasteiger partial charge >= 0.3 is 0 Å². The second-order valence-corrected chi connectivity index (χ2v) is 9.67. The van der Waals surface area contributed by atoms with E-state index in [4.69, 9.17) is 0 Å². The van der Waals surface area contributed by atoms with Crippen LogP contribution >= 0.6 is 0 Å². The fourth-order valence-electron chi connectivity index (χ4n) is 5.15. The van der Waals surface area contributed by atoms with Crippen molar-refractivity contribution < 1.29 is 0 Å². The van der Waals surface area contributed by atoms with E-state index in [-0.39, 0.29) is 11.6 Å². The molecule has 34 heavy (non-hydrogen) atoms. The molecule has 176 valence electrons. The number of piperidine rings is 1. The summed E-state index contributed by atoms with van der Waals surface area (Å²) >= 11 is 0. The molecular formula is C27H32N6O.